The van der Waals surface area contributed by atoms with Gasteiger partial charge in [-0.25, -0.2) is 4.79 Å². The van der Waals surface area contributed by atoms with E-state index in [0.29, 0.717) is 6.54 Å². The molecule has 0 spiro atoms. The Bertz CT molecular complexity index is 123. The zero-order chi connectivity index (χ0) is 7.28. The second-order valence-electron chi connectivity index (χ2n) is 1.28. The molecule has 52 valence electrons. The fourth-order valence-electron chi connectivity index (χ4n) is 0.280. The molecule has 0 aliphatic heterocycles. The Hall–Kier alpha value is -1.26. The summed E-state index contributed by atoms with van der Waals surface area (Å²) in [6.45, 7) is 2.20. The van der Waals surface area contributed by atoms with Crippen molar-refractivity contribution in [3.63, 3.8) is 0 Å². The first kappa shape index (κ1) is 7.74. The first-order valence-electron chi connectivity index (χ1n) is 2.46. The smallest absolute Gasteiger partial charge is 0.377 e. The van der Waals surface area contributed by atoms with Gasteiger partial charge >= 0.3 is 6.09 Å². The molecule has 0 saturated heterocycles. The number of nitrogens with two attached hydrogens (primary N) is 1. The highest BCUT2D eigenvalue weighted by Gasteiger charge is 1.98. The summed E-state index contributed by atoms with van der Waals surface area (Å²) in [6.07, 6.45) is -0.690. The normalized spacial score (nSPS) is 8.11. The molecule has 0 aromatic heterocycles. The van der Waals surface area contributed by atoms with E-state index in [-0.39, 0.29) is 0 Å². The molecule has 0 aromatic carbocycles. The Morgan fingerprint density at radius 3 is 2.78 bits per heavy atom. The molecule has 9 heavy (non-hydrogen) atoms. The average Bonchev–Trinajstić information content (AvgIpc) is 1.63. The van der Waals surface area contributed by atoms with E-state index >= 15 is 0 Å². The molecule has 4 N–H and O–H groups in total. The standard InChI is InChI=1S/C4H9N3O2/c1-2-7-4(8)9-3(5)6/h2H2,1H3,(H3,5,6)(H,7,8). The van der Waals surface area contributed by atoms with E-state index in [4.69, 9.17) is 11.1 Å². The van der Waals surface area contributed by atoms with Gasteiger partial charge in [-0.15, -0.1) is 0 Å². The lowest BCUT2D eigenvalue weighted by Gasteiger charge is -1.99. The van der Waals surface area contributed by atoms with Gasteiger partial charge in [-0.3, -0.25) is 5.41 Å². The van der Waals surface area contributed by atoms with Crippen LogP contribution in [0.4, 0.5) is 4.79 Å². The monoisotopic (exact) mass is 131 g/mol. The van der Waals surface area contributed by atoms with Gasteiger partial charge in [0.15, 0.2) is 0 Å². The highest BCUT2D eigenvalue weighted by Crippen LogP contribution is 1.72. The van der Waals surface area contributed by atoms with Crippen molar-refractivity contribution in [1.29, 1.82) is 5.41 Å². The highest BCUT2D eigenvalue weighted by molar-refractivity contribution is 5.83. The number of alkyl carbamates (subject to hydrolysis) is 1. The number of rotatable bonds is 1. The molecule has 0 saturated carbocycles. The van der Waals surface area contributed by atoms with Crippen LogP contribution in [0.3, 0.4) is 0 Å². The van der Waals surface area contributed by atoms with E-state index < -0.39 is 12.1 Å². The molecule has 0 unspecified atom stereocenters. The molecule has 0 bridgehead atoms. The van der Waals surface area contributed by atoms with Gasteiger partial charge in [0.05, 0.1) is 0 Å². The van der Waals surface area contributed by atoms with E-state index in [9.17, 15) is 4.79 Å². The van der Waals surface area contributed by atoms with Crippen LogP contribution in [0.15, 0.2) is 0 Å². The second-order valence-corrected chi connectivity index (χ2v) is 1.28. The van der Waals surface area contributed by atoms with Crippen molar-refractivity contribution in [2.75, 3.05) is 6.54 Å². The van der Waals surface area contributed by atoms with Crippen molar-refractivity contribution < 1.29 is 9.53 Å². The third-order valence-electron chi connectivity index (χ3n) is 0.524. The molecular weight excluding hydrogens is 122 g/mol. The summed E-state index contributed by atoms with van der Waals surface area (Å²) in [5.74, 6) is 0. The Morgan fingerprint density at radius 1 is 1.89 bits per heavy atom. The molecule has 0 rings (SSSR count). The molecule has 1 amide bonds. The molecule has 0 heterocycles. The van der Waals surface area contributed by atoms with Crippen molar-refractivity contribution in [3.05, 3.63) is 0 Å². The summed E-state index contributed by atoms with van der Waals surface area (Å²) in [5.41, 5.74) is 4.72. The van der Waals surface area contributed by atoms with Crippen molar-refractivity contribution in [3.8, 4) is 0 Å². The number of amidine groups is 1. The number of nitrogens with one attached hydrogen (secondary N) is 2. The lowest BCUT2D eigenvalue weighted by Crippen LogP contribution is -2.29. The third-order valence-corrected chi connectivity index (χ3v) is 0.524. The van der Waals surface area contributed by atoms with Gasteiger partial charge in [0.25, 0.3) is 6.02 Å². The molecule has 0 fully saturated rings. The number of amides is 1. The van der Waals surface area contributed by atoms with Gasteiger partial charge in [-0.05, 0) is 6.92 Å². The van der Waals surface area contributed by atoms with Crippen LogP contribution in [0, 0.1) is 5.41 Å². The molecule has 0 aromatic rings. The minimum Gasteiger partial charge on any atom is -0.377 e. The summed E-state index contributed by atoms with van der Waals surface area (Å²) in [5, 5.41) is 8.79. The molecule has 0 aliphatic carbocycles. The maximum Gasteiger partial charge on any atom is 0.414 e. The Morgan fingerprint density at radius 2 is 2.44 bits per heavy atom. The number of carbonyl (C=O) groups excluding carboxylic acids is 1. The van der Waals surface area contributed by atoms with Crippen LogP contribution >= 0.6 is 0 Å². The summed E-state index contributed by atoms with van der Waals surface area (Å²) in [6, 6.07) is -0.596. The summed E-state index contributed by atoms with van der Waals surface area (Å²) < 4.78 is 4.10. The van der Waals surface area contributed by atoms with Crippen LogP contribution in [0.2, 0.25) is 0 Å². The number of hydrogen-bond acceptors (Lipinski definition) is 3. The van der Waals surface area contributed by atoms with Crippen molar-refractivity contribution in [1.82, 2.24) is 5.32 Å². The van der Waals surface area contributed by atoms with Crippen LogP contribution in [0.25, 0.3) is 0 Å². The average molecular weight is 131 g/mol. The maximum absolute atomic E-state index is 10.3. The Balaban J connectivity index is 3.39. The van der Waals surface area contributed by atoms with Crippen molar-refractivity contribution in [2.45, 2.75) is 6.92 Å². The molecule has 5 nitrogen and oxygen atoms in total. The SMILES string of the molecule is CCNC(=O)OC(=N)N. The Kier molecular flexibility index (Phi) is 3.19. The minimum atomic E-state index is -0.690. The van der Waals surface area contributed by atoms with E-state index in [0.717, 1.165) is 0 Å². The topological polar surface area (TPSA) is 88.2 Å². The highest BCUT2D eigenvalue weighted by atomic mass is 16.6. The predicted molar refractivity (Wildman–Crippen MR) is 32.1 cm³/mol. The molecular formula is C4H9N3O2. The molecule has 5 heteroatoms. The van der Waals surface area contributed by atoms with Gasteiger partial charge in [0.2, 0.25) is 0 Å². The quantitative estimate of drug-likeness (QED) is 0.335. The van der Waals surface area contributed by atoms with Gasteiger partial charge in [0, 0.05) is 6.54 Å². The van der Waals surface area contributed by atoms with Gasteiger partial charge in [-0.2, -0.15) is 0 Å². The third kappa shape index (κ3) is 4.60. The van der Waals surface area contributed by atoms with E-state index in [1.807, 2.05) is 0 Å². The maximum atomic E-state index is 10.3. The van der Waals surface area contributed by atoms with Gasteiger partial charge in [-0.1, -0.05) is 0 Å². The van der Waals surface area contributed by atoms with E-state index in [1.54, 1.807) is 6.92 Å². The lowest BCUT2D eigenvalue weighted by atomic mass is 10.8. The van der Waals surface area contributed by atoms with Crippen molar-refractivity contribution in [2.24, 2.45) is 5.73 Å². The van der Waals surface area contributed by atoms with Crippen LogP contribution in [0.1, 0.15) is 6.92 Å². The summed E-state index contributed by atoms with van der Waals surface area (Å²) >= 11 is 0. The van der Waals surface area contributed by atoms with Crippen LogP contribution < -0.4 is 11.1 Å². The number of hydrogen-bond donors (Lipinski definition) is 3. The van der Waals surface area contributed by atoms with Crippen LogP contribution in [0.5, 0.6) is 0 Å². The van der Waals surface area contributed by atoms with E-state index in [1.165, 1.54) is 0 Å². The first-order valence-corrected chi connectivity index (χ1v) is 2.46. The number of carbonyl (C=O) groups is 1. The van der Waals surface area contributed by atoms with Crippen molar-refractivity contribution >= 4 is 12.1 Å². The zero-order valence-corrected chi connectivity index (χ0v) is 5.10. The molecule has 0 radical (unpaired) electrons. The second kappa shape index (κ2) is 3.71. The first-order chi connectivity index (χ1) is 4.16. The number of ether oxygens (including phenoxy) is 1. The minimum absolute atomic E-state index is 0.464. The summed E-state index contributed by atoms with van der Waals surface area (Å²) in [7, 11) is 0. The van der Waals surface area contributed by atoms with Crippen LogP contribution in [-0.4, -0.2) is 18.7 Å². The summed E-state index contributed by atoms with van der Waals surface area (Å²) in [4.78, 5) is 10.3. The fraction of sp³-hybridized carbons (Fsp3) is 0.500. The van der Waals surface area contributed by atoms with Crippen LogP contribution in [-0.2, 0) is 4.74 Å². The van der Waals surface area contributed by atoms with E-state index in [2.05, 4.69) is 10.1 Å². The molecule has 0 aliphatic rings. The lowest BCUT2D eigenvalue weighted by molar-refractivity contribution is 0.197. The van der Waals surface area contributed by atoms with Gasteiger partial charge in [0.1, 0.15) is 0 Å². The molecule has 0 atom stereocenters. The Labute approximate surface area is 52.7 Å². The predicted octanol–water partition coefficient (Wildman–Crippen LogP) is -0.374. The largest absolute Gasteiger partial charge is 0.414 e. The van der Waals surface area contributed by atoms with Gasteiger partial charge < -0.3 is 15.8 Å². The zero-order valence-electron chi connectivity index (χ0n) is 5.10. The fourth-order valence-corrected chi connectivity index (χ4v) is 0.280.